The fourth-order valence-corrected chi connectivity index (χ4v) is 3.40. The van der Waals surface area contributed by atoms with Crippen LogP contribution in [0, 0.1) is 16.0 Å². The first kappa shape index (κ1) is 24.4. The standard InChI is InChI=1S/C21H25N3O8/c1-10(2)17(19(25)26)23-21(28)32-18-12(4)22-11(3)15(20(27)31-5)16(18)13-7-6-8-14(9-13)24(29)30/h6-10,16-17,22H,1-5H3,(H,23,28)(H,25,26)/t16-,17-/m0/s1. The zero-order valence-electron chi connectivity index (χ0n) is 18.3. The molecule has 0 aromatic heterocycles. The van der Waals surface area contributed by atoms with Crippen molar-refractivity contribution in [1.82, 2.24) is 10.6 Å². The van der Waals surface area contributed by atoms with Crippen LogP contribution < -0.4 is 10.6 Å². The Hall–Kier alpha value is -3.89. The number of esters is 1. The second kappa shape index (κ2) is 9.94. The van der Waals surface area contributed by atoms with Crippen LogP contribution in [0.4, 0.5) is 10.5 Å². The maximum absolute atomic E-state index is 12.6. The number of non-ortho nitro benzene ring substituents is 1. The summed E-state index contributed by atoms with van der Waals surface area (Å²) in [7, 11) is 1.19. The van der Waals surface area contributed by atoms with Gasteiger partial charge >= 0.3 is 18.0 Å². The normalized spacial score (nSPS) is 16.9. The highest BCUT2D eigenvalue weighted by Crippen LogP contribution is 2.40. The molecule has 0 radical (unpaired) electrons. The predicted molar refractivity (Wildman–Crippen MR) is 112 cm³/mol. The Kier molecular flexibility index (Phi) is 7.58. The van der Waals surface area contributed by atoms with Gasteiger partial charge in [0.15, 0.2) is 0 Å². The number of carboxylic acid groups (broad SMARTS) is 1. The van der Waals surface area contributed by atoms with Crippen molar-refractivity contribution in [2.75, 3.05) is 7.11 Å². The molecular weight excluding hydrogens is 422 g/mol. The first-order valence-corrected chi connectivity index (χ1v) is 9.70. The largest absolute Gasteiger partial charge is 0.480 e. The van der Waals surface area contributed by atoms with E-state index in [1.54, 1.807) is 33.8 Å². The van der Waals surface area contributed by atoms with E-state index in [0.717, 1.165) is 0 Å². The molecule has 11 heteroatoms. The summed E-state index contributed by atoms with van der Waals surface area (Å²) in [6.07, 6.45) is -1.04. The summed E-state index contributed by atoms with van der Waals surface area (Å²) in [6, 6.07) is 4.37. The highest BCUT2D eigenvalue weighted by Gasteiger charge is 2.37. The van der Waals surface area contributed by atoms with Crippen LogP contribution >= 0.6 is 0 Å². The number of hydrogen-bond acceptors (Lipinski definition) is 8. The van der Waals surface area contributed by atoms with Crippen LogP contribution in [0.2, 0.25) is 0 Å². The Balaban J connectivity index is 2.53. The van der Waals surface area contributed by atoms with Gasteiger partial charge in [0.05, 0.1) is 29.2 Å². The Morgan fingerprint density at radius 3 is 2.41 bits per heavy atom. The number of benzene rings is 1. The summed E-state index contributed by atoms with van der Waals surface area (Å²) >= 11 is 0. The summed E-state index contributed by atoms with van der Waals surface area (Å²) in [5.41, 5.74) is 0.999. The fraction of sp³-hybridized carbons (Fsp3) is 0.381. The van der Waals surface area contributed by atoms with Gasteiger partial charge in [-0.25, -0.2) is 14.4 Å². The number of aliphatic carboxylic acids is 1. The molecule has 0 saturated carbocycles. The number of methoxy groups -OCH3 is 1. The second-order valence-corrected chi connectivity index (χ2v) is 7.52. The molecule has 1 heterocycles. The van der Waals surface area contributed by atoms with E-state index >= 15 is 0 Å². The molecule has 1 aromatic carbocycles. The van der Waals surface area contributed by atoms with Crippen LogP contribution in [-0.2, 0) is 19.1 Å². The van der Waals surface area contributed by atoms with Crippen LogP contribution in [-0.4, -0.2) is 41.2 Å². The van der Waals surface area contributed by atoms with E-state index in [1.165, 1.54) is 25.3 Å². The quantitative estimate of drug-likeness (QED) is 0.325. The molecule has 2 rings (SSSR count). The molecule has 1 aromatic rings. The molecule has 3 N–H and O–H groups in total. The molecule has 0 bridgehead atoms. The lowest BCUT2D eigenvalue weighted by molar-refractivity contribution is -0.384. The number of allylic oxidation sites excluding steroid dienone is 3. The van der Waals surface area contributed by atoms with E-state index in [0.29, 0.717) is 17.0 Å². The van der Waals surface area contributed by atoms with Gasteiger partial charge in [-0.2, -0.15) is 0 Å². The number of hydrogen-bond donors (Lipinski definition) is 3. The molecule has 0 fully saturated rings. The van der Waals surface area contributed by atoms with E-state index < -0.39 is 40.8 Å². The van der Waals surface area contributed by atoms with Crippen LogP contribution in [0.15, 0.2) is 47.0 Å². The zero-order chi connectivity index (χ0) is 24.2. The molecule has 11 nitrogen and oxygen atoms in total. The average Bonchev–Trinajstić information content (AvgIpc) is 2.72. The number of nitro benzene ring substituents is 1. The van der Waals surface area contributed by atoms with Gasteiger partial charge in [-0.15, -0.1) is 0 Å². The summed E-state index contributed by atoms with van der Waals surface area (Å²) in [5.74, 6) is -3.38. The molecule has 0 aliphatic carbocycles. The Morgan fingerprint density at radius 2 is 1.88 bits per heavy atom. The number of nitrogens with one attached hydrogen (secondary N) is 2. The number of nitro groups is 1. The maximum atomic E-state index is 12.6. The first-order valence-electron chi connectivity index (χ1n) is 9.70. The molecule has 172 valence electrons. The van der Waals surface area contributed by atoms with Crippen LogP contribution in [0.25, 0.3) is 0 Å². The smallest absolute Gasteiger partial charge is 0.413 e. The van der Waals surface area contributed by atoms with Crippen LogP contribution in [0.5, 0.6) is 0 Å². The SMILES string of the molecule is COC(=O)C1=C(C)NC(C)=C(OC(=O)N[C@H](C(=O)O)C(C)C)[C@H]1c1cccc([N+](=O)[O-])c1. The fourth-order valence-electron chi connectivity index (χ4n) is 3.40. The monoisotopic (exact) mass is 447 g/mol. The number of amides is 1. The lowest BCUT2D eigenvalue weighted by atomic mass is 9.85. The lowest BCUT2D eigenvalue weighted by Gasteiger charge is -2.30. The number of nitrogens with zero attached hydrogens (tertiary/aromatic N) is 1. The Labute approximate surface area is 184 Å². The van der Waals surface area contributed by atoms with E-state index in [-0.39, 0.29) is 17.0 Å². The topological polar surface area (TPSA) is 157 Å². The highest BCUT2D eigenvalue weighted by molar-refractivity contribution is 5.92. The molecule has 2 atom stereocenters. The van der Waals surface area contributed by atoms with Crippen molar-refractivity contribution >= 4 is 23.7 Å². The number of alkyl carbamates (subject to hydrolysis) is 1. The number of ether oxygens (including phenoxy) is 2. The molecule has 0 unspecified atom stereocenters. The minimum atomic E-state index is -1.23. The van der Waals surface area contributed by atoms with Gasteiger partial charge in [0.2, 0.25) is 0 Å². The van der Waals surface area contributed by atoms with Gasteiger partial charge in [0, 0.05) is 17.8 Å². The van der Waals surface area contributed by atoms with E-state index in [2.05, 4.69) is 10.6 Å². The minimum absolute atomic E-state index is 0.0121. The van der Waals surface area contributed by atoms with Crippen molar-refractivity contribution in [2.24, 2.45) is 5.92 Å². The predicted octanol–water partition coefficient (Wildman–Crippen LogP) is 2.80. The van der Waals surface area contributed by atoms with Crippen molar-refractivity contribution in [1.29, 1.82) is 0 Å². The third kappa shape index (κ3) is 5.23. The van der Waals surface area contributed by atoms with Crippen molar-refractivity contribution in [3.63, 3.8) is 0 Å². The van der Waals surface area contributed by atoms with E-state index in [1.807, 2.05) is 0 Å². The summed E-state index contributed by atoms with van der Waals surface area (Å²) in [6.45, 7) is 6.47. The Morgan fingerprint density at radius 1 is 1.22 bits per heavy atom. The van der Waals surface area contributed by atoms with Crippen molar-refractivity contribution in [2.45, 2.75) is 39.7 Å². The van der Waals surface area contributed by atoms with Crippen LogP contribution in [0.3, 0.4) is 0 Å². The summed E-state index contributed by atoms with van der Waals surface area (Å²) < 4.78 is 10.3. The molecule has 32 heavy (non-hydrogen) atoms. The van der Waals surface area contributed by atoms with Gasteiger partial charge in [-0.3, -0.25) is 10.1 Å². The van der Waals surface area contributed by atoms with E-state index in [9.17, 15) is 29.6 Å². The van der Waals surface area contributed by atoms with Gasteiger partial charge < -0.3 is 25.2 Å². The number of rotatable bonds is 7. The second-order valence-electron chi connectivity index (χ2n) is 7.52. The van der Waals surface area contributed by atoms with Gasteiger partial charge in [0.1, 0.15) is 11.8 Å². The van der Waals surface area contributed by atoms with Gasteiger partial charge in [-0.05, 0) is 25.3 Å². The molecule has 1 aliphatic rings. The van der Waals surface area contributed by atoms with Crippen LogP contribution in [0.1, 0.15) is 39.2 Å². The highest BCUT2D eigenvalue weighted by atomic mass is 16.6. The molecule has 0 saturated heterocycles. The van der Waals surface area contributed by atoms with Gasteiger partial charge in [0.25, 0.3) is 5.69 Å². The maximum Gasteiger partial charge on any atom is 0.413 e. The number of carbonyl (C=O) groups excluding carboxylic acids is 2. The third-order valence-electron chi connectivity index (χ3n) is 4.93. The molecular formula is C21H25N3O8. The minimum Gasteiger partial charge on any atom is -0.480 e. The third-order valence-corrected chi connectivity index (χ3v) is 4.93. The number of carbonyl (C=O) groups is 3. The van der Waals surface area contributed by atoms with Crippen molar-refractivity contribution in [3.8, 4) is 0 Å². The Bertz CT molecular complexity index is 1010. The number of dihydropyridines is 1. The lowest BCUT2D eigenvalue weighted by Crippen LogP contribution is -2.45. The summed E-state index contributed by atoms with van der Waals surface area (Å²) in [5, 5.41) is 25.8. The van der Waals surface area contributed by atoms with Gasteiger partial charge in [-0.1, -0.05) is 26.0 Å². The number of carboxylic acids is 1. The molecule has 1 amide bonds. The molecule has 0 spiro atoms. The van der Waals surface area contributed by atoms with Crippen molar-refractivity contribution < 1.29 is 33.9 Å². The molecule has 1 aliphatic heterocycles. The first-order chi connectivity index (χ1) is 15.0. The van der Waals surface area contributed by atoms with E-state index in [4.69, 9.17) is 9.47 Å². The van der Waals surface area contributed by atoms with Crippen molar-refractivity contribution in [3.05, 3.63) is 62.7 Å². The summed E-state index contributed by atoms with van der Waals surface area (Å²) in [4.78, 5) is 47.2. The zero-order valence-corrected chi connectivity index (χ0v) is 18.3. The average molecular weight is 447 g/mol.